The van der Waals surface area contributed by atoms with E-state index in [9.17, 15) is 0 Å². The molecule has 0 aromatic carbocycles. The number of carbonyl (C=O) groups is 2. The van der Waals surface area contributed by atoms with Crippen molar-refractivity contribution < 1.29 is 54.5 Å². The molecule has 0 bridgehead atoms. The summed E-state index contributed by atoms with van der Waals surface area (Å²) in [7, 11) is 0. The van der Waals surface area contributed by atoms with Gasteiger partial charge in [0.1, 0.15) is 0 Å². The smallest absolute Gasteiger partial charge is 1.00 e. The van der Waals surface area contributed by atoms with E-state index in [-0.39, 0.29) is 47.8 Å². The summed E-state index contributed by atoms with van der Waals surface area (Å²) >= 11 is 0. The molecule has 6 N–H and O–H groups in total. The van der Waals surface area contributed by atoms with Gasteiger partial charge in [0.05, 0.1) is 23.3 Å². The van der Waals surface area contributed by atoms with Crippen LogP contribution >= 0.6 is 0 Å². The minimum atomic E-state index is -1.22. The zero-order chi connectivity index (χ0) is 16.8. The fourth-order valence-corrected chi connectivity index (χ4v) is 1.03. The third-order valence-corrected chi connectivity index (χ3v) is 1.93. The van der Waals surface area contributed by atoms with Gasteiger partial charge in [0.25, 0.3) is 0 Å². The summed E-state index contributed by atoms with van der Waals surface area (Å²) in [5.41, 5.74) is 10.8. The van der Waals surface area contributed by atoms with Crippen LogP contribution in [0.2, 0.25) is 0 Å². The second kappa shape index (κ2) is 20.0. The van der Waals surface area contributed by atoms with Crippen LogP contribution in [0, 0.1) is 0 Å². The van der Waals surface area contributed by atoms with Crippen molar-refractivity contribution in [2.75, 3.05) is 13.1 Å². The molecule has 25 heavy (non-hydrogen) atoms. The van der Waals surface area contributed by atoms with E-state index in [4.69, 9.17) is 19.8 Å². The standard InChI is InChI=1S/C10H8N2.2C2H5NO2.ClH.Co.H2O/c1-3-7-11-9(5-1)10-6-2-4-8-12-10;2*3-1-2(4)5;;;/h1-8H;2*1,3H2,(H,4,5);1H;;1H2/q;;;;+3;/p-3. The molecule has 9 nitrogen and oxygen atoms in total. The summed E-state index contributed by atoms with van der Waals surface area (Å²) < 4.78 is 0. The Morgan fingerprint density at radius 1 is 0.840 bits per heavy atom. The SMILES string of the molecule is NCC(=O)[O-].NCC(=O)[O-].O.[Cl-].[Co+3].c1ccc(-c2ccccn2)nc1. The van der Waals surface area contributed by atoms with Gasteiger partial charge in [-0.3, -0.25) is 9.97 Å². The van der Waals surface area contributed by atoms with Crippen LogP contribution in [-0.4, -0.2) is 40.5 Å². The van der Waals surface area contributed by atoms with E-state index in [1.54, 1.807) is 12.4 Å². The number of aliphatic carboxylic acids is 2. The van der Waals surface area contributed by atoms with Gasteiger partial charge < -0.3 is 49.2 Å². The first-order chi connectivity index (χ1) is 10.5. The van der Waals surface area contributed by atoms with E-state index in [0.29, 0.717) is 0 Å². The summed E-state index contributed by atoms with van der Waals surface area (Å²) in [5.74, 6) is -2.44. The number of nitrogens with zero attached hydrogens (tertiary/aromatic N) is 2. The van der Waals surface area contributed by atoms with E-state index < -0.39 is 11.9 Å². The number of hydrogen-bond acceptors (Lipinski definition) is 8. The third kappa shape index (κ3) is 18.1. The van der Waals surface area contributed by atoms with Gasteiger partial charge in [-0.1, -0.05) is 12.1 Å². The van der Waals surface area contributed by atoms with Crippen LogP contribution in [0.3, 0.4) is 0 Å². The van der Waals surface area contributed by atoms with Crippen molar-refractivity contribution in [3.8, 4) is 11.4 Å². The quantitative estimate of drug-likeness (QED) is 0.493. The van der Waals surface area contributed by atoms with Crippen LogP contribution in [0.15, 0.2) is 48.8 Å². The van der Waals surface area contributed by atoms with Crippen molar-refractivity contribution in [1.29, 1.82) is 0 Å². The van der Waals surface area contributed by atoms with Gasteiger partial charge in [0, 0.05) is 25.5 Å². The Hall–Kier alpha value is -2.08. The minimum Gasteiger partial charge on any atom is -1.00 e. The topological polar surface area (TPSA) is 190 Å². The molecule has 0 amide bonds. The predicted molar refractivity (Wildman–Crippen MR) is 79.2 cm³/mol. The average Bonchev–Trinajstić information content (AvgIpc) is 2.57. The molecule has 2 heterocycles. The Labute approximate surface area is 161 Å². The molecule has 0 aliphatic carbocycles. The molecule has 0 radical (unpaired) electrons. The van der Waals surface area contributed by atoms with Gasteiger partial charge in [0.2, 0.25) is 0 Å². The molecule has 0 aliphatic rings. The first kappa shape index (κ1) is 30.8. The molecule has 0 aliphatic heterocycles. The van der Waals surface area contributed by atoms with Crippen molar-refractivity contribution in [3.05, 3.63) is 48.8 Å². The van der Waals surface area contributed by atoms with E-state index in [2.05, 4.69) is 21.4 Å². The van der Waals surface area contributed by atoms with Gasteiger partial charge in [-0.2, -0.15) is 0 Å². The van der Waals surface area contributed by atoms with Gasteiger partial charge >= 0.3 is 16.8 Å². The number of halogens is 1. The van der Waals surface area contributed by atoms with E-state index in [0.717, 1.165) is 11.4 Å². The number of carboxylic acid groups (broad SMARTS) is 2. The number of aromatic nitrogens is 2. The molecule has 0 unspecified atom stereocenters. The molecule has 2 rings (SSSR count). The van der Waals surface area contributed by atoms with Gasteiger partial charge in [0.15, 0.2) is 0 Å². The molecule has 0 atom stereocenters. The third-order valence-electron chi connectivity index (χ3n) is 1.93. The first-order valence-electron chi connectivity index (χ1n) is 6.13. The monoisotopic (exact) mass is 416 g/mol. The second-order valence-corrected chi connectivity index (χ2v) is 3.58. The number of carboxylic acids is 2. The molecular weight excluding hydrogens is 399 g/mol. The van der Waals surface area contributed by atoms with Crippen molar-refractivity contribution >= 4 is 11.9 Å². The fraction of sp³-hybridized carbons (Fsp3) is 0.143. The zero-order valence-electron chi connectivity index (χ0n) is 12.9. The molecular formula is C14H18ClCoN4O5. The number of pyridine rings is 2. The zero-order valence-corrected chi connectivity index (χ0v) is 14.7. The van der Waals surface area contributed by atoms with Crippen molar-refractivity contribution in [3.63, 3.8) is 0 Å². The summed E-state index contributed by atoms with van der Waals surface area (Å²) in [5, 5.41) is 18.3. The minimum absolute atomic E-state index is 0. The Bertz CT molecular complexity index is 512. The van der Waals surface area contributed by atoms with Crippen LogP contribution in [0.4, 0.5) is 0 Å². The Morgan fingerprint density at radius 2 is 1.12 bits per heavy atom. The number of carbonyl (C=O) groups excluding carboxylic acids is 2. The van der Waals surface area contributed by atoms with Crippen molar-refractivity contribution in [1.82, 2.24) is 9.97 Å². The van der Waals surface area contributed by atoms with Gasteiger partial charge in [-0.15, -0.1) is 0 Å². The first-order valence-corrected chi connectivity index (χ1v) is 6.13. The molecule has 11 heteroatoms. The normalized spacial score (nSPS) is 7.60. The molecule has 0 fully saturated rings. The molecule has 2 aromatic heterocycles. The Balaban J connectivity index is -0.000000147. The van der Waals surface area contributed by atoms with Crippen molar-refractivity contribution in [2.24, 2.45) is 11.5 Å². The number of nitrogens with two attached hydrogens (primary N) is 2. The summed E-state index contributed by atoms with van der Waals surface area (Å²) in [6.45, 7) is -0.778. The Morgan fingerprint density at radius 3 is 1.28 bits per heavy atom. The molecule has 2 aromatic rings. The number of hydrogen-bond donors (Lipinski definition) is 2. The summed E-state index contributed by atoms with van der Waals surface area (Å²) in [6.07, 6.45) is 3.54. The molecule has 0 saturated carbocycles. The molecule has 140 valence electrons. The maximum Gasteiger partial charge on any atom is 3.00 e. The molecule has 0 saturated heterocycles. The van der Waals surface area contributed by atoms with Crippen LogP contribution in [0.25, 0.3) is 11.4 Å². The predicted octanol–water partition coefficient (Wildman–Crippen LogP) is -6.29. The largest absolute Gasteiger partial charge is 3.00 e. The van der Waals surface area contributed by atoms with Crippen LogP contribution in [0.1, 0.15) is 0 Å². The summed E-state index contributed by atoms with van der Waals surface area (Å²) in [6, 6.07) is 11.6. The Kier molecular flexibility index (Phi) is 24.6. The van der Waals surface area contributed by atoms with E-state index in [1.807, 2.05) is 36.4 Å². The van der Waals surface area contributed by atoms with Crippen LogP contribution in [0.5, 0.6) is 0 Å². The van der Waals surface area contributed by atoms with Crippen LogP contribution < -0.4 is 34.1 Å². The van der Waals surface area contributed by atoms with Gasteiger partial charge in [-0.05, 0) is 24.3 Å². The fourth-order valence-electron chi connectivity index (χ4n) is 1.03. The van der Waals surface area contributed by atoms with Crippen molar-refractivity contribution in [2.45, 2.75) is 0 Å². The van der Waals surface area contributed by atoms with E-state index in [1.165, 1.54) is 0 Å². The second-order valence-electron chi connectivity index (χ2n) is 3.58. The summed E-state index contributed by atoms with van der Waals surface area (Å²) in [4.78, 5) is 26.6. The molecule has 0 spiro atoms. The maximum absolute atomic E-state index is 9.13. The van der Waals surface area contributed by atoms with E-state index >= 15 is 0 Å². The average molecular weight is 417 g/mol. The van der Waals surface area contributed by atoms with Crippen LogP contribution in [-0.2, 0) is 26.4 Å². The number of rotatable bonds is 3. The maximum atomic E-state index is 9.13. The van der Waals surface area contributed by atoms with Gasteiger partial charge in [-0.25, -0.2) is 0 Å².